The van der Waals surface area contributed by atoms with Crippen LogP contribution in [0.2, 0.25) is 0 Å². The number of carbonyl (C=O) groups is 2. The van der Waals surface area contributed by atoms with Crippen LogP contribution in [0.5, 0.6) is 11.5 Å². The van der Waals surface area contributed by atoms with Crippen molar-refractivity contribution in [3.05, 3.63) is 59.8 Å². The van der Waals surface area contributed by atoms with Crippen molar-refractivity contribution in [2.45, 2.75) is 45.7 Å². The standard InChI is InChI=1S/C28H35N3O4/c1-19(2)12-14-29-27(33)28(3)18-30-23-9-7-6-8-21(23)16-24(30)26(32)31(28)15-13-20-10-11-22(34-4)17-25(20)35-5/h6-11,16-17,19H,12-15,18H2,1-5H3,(H,29,33)/t28-/m1/s1. The van der Waals surface area contributed by atoms with E-state index in [2.05, 4.69) is 19.2 Å². The molecule has 1 N–H and O–H groups in total. The quantitative estimate of drug-likeness (QED) is 0.499. The monoisotopic (exact) mass is 477 g/mol. The Labute approximate surface area is 207 Å². The highest BCUT2D eigenvalue weighted by Crippen LogP contribution is 2.33. The third-order valence-electron chi connectivity index (χ3n) is 6.93. The minimum Gasteiger partial charge on any atom is -0.497 e. The number of hydrogen-bond acceptors (Lipinski definition) is 4. The first kappa shape index (κ1) is 24.6. The molecule has 1 aliphatic rings. The number of amides is 2. The maximum Gasteiger partial charge on any atom is 0.271 e. The van der Waals surface area contributed by atoms with E-state index in [0.29, 0.717) is 49.2 Å². The zero-order valence-corrected chi connectivity index (χ0v) is 21.3. The van der Waals surface area contributed by atoms with E-state index in [9.17, 15) is 9.59 Å². The minimum absolute atomic E-state index is 0.128. The van der Waals surface area contributed by atoms with Crippen molar-refractivity contribution in [3.63, 3.8) is 0 Å². The van der Waals surface area contributed by atoms with Crippen LogP contribution in [-0.4, -0.2) is 54.1 Å². The van der Waals surface area contributed by atoms with Gasteiger partial charge < -0.3 is 24.3 Å². The normalized spacial score (nSPS) is 17.5. The lowest BCUT2D eigenvalue weighted by atomic mass is 9.93. The van der Waals surface area contributed by atoms with Gasteiger partial charge in [-0.2, -0.15) is 0 Å². The molecule has 0 saturated carbocycles. The van der Waals surface area contributed by atoms with Crippen molar-refractivity contribution in [3.8, 4) is 11.5 Å². The maximum atomic E-state index is 13.8. The van der Waals surface area contributed by atoms with Gasteiger partial charge in [0.25, 0.3) is 5.91 Å². The molecule has 1 atom stereocenters. The number of aromatic nitrogens is 1. The number of ether oxygens (including phenoxy) is 2. The van der Waals surface area contributed by atoms with E-state index in [0.717, 1.165) is 22.9 Å². The van der Waals surface area contributed by atoms with E-state index >= 15 is 0 Å². The molecule has 35 heavy (non-hydrogen) atoms. The molecular formula is C28H35N3O4. The van der Waals surface area contributed by atoms with Gasteiger partial charge in [0, 0.05) is 30.1 Å². The molecule has 3 aromatic rings. The number of methoxy groups -OCH3 is 2. The molecule has 4 rings (SSSR count). The first-order chi connectivity index (χ1) is 16.8. The molecule has 2 aromatic carbocycles. The summed E-state index contributed by atoms with van der Waals surface area (Å²) in [5.74, 6) is 1.62. The topological polar surface area (TPSA) is 72.8 Å². The average molecular weight is 478 g/mol. The second-order valence-corrected chi connectivity index (χ2v) is 9.77. The van der Waals surface area contributed by atoms with Crippen molar-refractivity contribution in [2.24, 2.45) is 5.92 Å². The van der Waals surface area contributed by atoms with Crippen LogP contribution in [0.1, 0.15) is 43.2 Å². The van der Waals surface area contributed by atoms with Crippen molar-refractivity contribution in [2.75, 3.05) is 27.3 Å². The molecule has 0 bridgehead atoms. The second kappa shape index (κ2) is 10.0. The van der Waals surface area contributed by atoms with Crippen molar-refractivity contribution in [1.82, 2.24) is 14.8 Å². The summed E-state index contributed by atoms with van der Waals surface area (Å²) in [4.78, 5) is 29.2. The summed E-state index contributed by atoms with van der Waals surface area (Å²) in [6, 6.07) is 15.5. The largest absolute Gasteiger partial charge is 0.497 e. The molecular weight excluding hydrogens is 442 g/mol. The fourth-order valence-electron chi connectivity index (χ4n) is 4.81. The third kappa shape index (κ3) is 4.72. The van der Waals surface area contributed by atoms with Crippen LogP contribution >= 0.6 is 0 Å². The zero-order valence-electron chi connectivity index (χ0n) is 21.3. The van der Waals surface area contributed by atoms with Gasteiger partial charge in [-0.05, 0) is 49.4 Å². The van der Waals surface area contributed by atoms with Crippen LogP contribution in [-0.2, 0) is 17.8 Å². The number of rotatable bonds is 9. The van der Waals surface area contributed by atoms with Crippen LogP contribution in [0.15, 0.2) is 48.5 Å². The second-order valence-electron chi connectivity index (χ2n) is 9.77. The molecule has 1 aliphatic heterocycles. The van der Waals surface area contributed by atoms with E-state index in [1.807, 2.05) is 60.0 Å². The van der Waals surface area contributed by atoms with Gasteiger partial charge in [0.05, 0.1) is 20.8 Å². The summed E-state index contributed by atoms with van der Waals surface area (Å²) < 4.78 is 12.9. The van der Waals surface area contributed by atoms with Crippen LogP contribution in [0, 0.1) is 5.92 Å². The Bertz CT molecular complexity index is 1230. The molecule has 7 nitrogen and oxygen atoms in total. The number of fused-ring (bicyclic) bond motifs is 3. The summed E-state index contributed by atoms with van der Waals surface area (Å²) in [7, 11) is 3.23. The van der Waals surface area contributed by atoms with Crippen molar-refractivity contribution < 1.29 is 19.1 Å². The zero-order chi connectivity index (χ0) is 25.2. The molecule has 1 aromatic heterocycles. The molecule has 186 valence electrons. The number of carbonyl (C=O) groups excluding carboxylic acids is 2. The van der Waals surface area contributed by atoms with E-state index in [4.69, 9.17) is 9.47 Å². The van der Waals surface area contributed by atoms with Gasteiger partial charge in [-0.3, -0.25) is 9.59 Å². The fourth-order valence-corrected chi connectivity index (χ4v) is 4.81. The van der Waals surface area contributed by atoms with Gasteiger partial charge >= 0.3 is 0 Å². The smallest absolute Gasteiger partial charge is 0.271 e. The Hall–Kier alpha value is -3.48. The predicted molar refractivity (Wildman–Crippen MR) is 137 cm³/mol. The molecule has 0 unspecified atom stereocenters. The van der Waals surface area contributed by atoms with Crippen LogP contribution in [0.3, 0.4) is 0 Å². The van der Waals surface area contributed by atoms with Crippen molar-refractivity contribution >= 4 is 22.7 Å². The number of nitrogens with zero attached hydrogens (tertiary/aromatic N) is 2. The van der Waals surface area contributed by atoms with Crippen LogP contribution in [0.25, 0.3) is 10.9 Å². The predicted octanol–water partition coefficient (Wildman–Crippen LogP) is 4.28. The summed E-state index contributed by atoms with van der Waals surface area (Å²) >= 11 is 0. The minimum atomic E-state index is -1.03. The van der Waals surface area contributed by atoms with Gasteiger partial charge in [-0.1, -0.05) is 38.1 Å². The molecule has 0 fully saturated rings. The highest BCUT2D eigenvalue weighted by Gasteiger charge is 2.47. The Morgan fingerprint density at radius 3 is 2.60 bits per heavy atom. The summed E-state index contributed by atoms with van der Waals surface area (Å²) in [5, 5.41) is 4.09. The Balaban J connectivity index is 1.68. The molecule has 0 aliphatic carbocycles. The number of nitrogens with one attached hydrogen (secondary N) is 1. The van der Waals surface area contributed by atoms with Crippen LogP contribution in [0.4, 0.5) is 0 Å². The number of para-hydroxylation sites is 1. The summed E-state index contributed by atoms with van der Waals surface area (Å²) in [5.41, 5.74) is 1.51. The lowest BCUT2D eigenvalue weighted by Gasteiger charge is -2.44. The third-order valence-corrected chi connectivity index (χ3v) is 6.93. The lowest BCUT2D eigenvalue weighted by Crippen LogP contribution is -2.64. The molecule has 2 amide bonds. The van der Waals surface area contributed by atoms with Gasteiger partial charge in [-0.25, -0.2) is 0 Å². The van der Waals surface area contributed by atoms with E-state index in [1.54, 1.807) is 19.1 Å². The van der Waals surface area contributed by atoms with E-state index in [1.165, 1.54) is 0 Å². The lowest BCUT2D eigenvalue weighted by molar-refractivity contribution is -0.132. The van der Waals surface area contributed by atoms with E-state index in [-0.39, 0.29) is 11.8 Å². The first-order valence-corrected chi connectivity index (χ1v) is 12.2. The molecule has 0 spiro atoms. The highest BCUT2D eigenvalue weighted by molar-refractivity contribution is 6.03. The van der Waals surface area contributed by atoms with Gasteiger partial charge in [0.1, 0.15) is 22.7 Å². The van der Waals surface area contributed by atoms with E-state index < -0.39 is 5.54 Å². The Morgan fingerprint density at radius 1 is 1.11 bits per heavy atom. The van der Waals surface area contributed by atoms with Crippen molar-refractivity contribution in [1.29, 1.82) is 0 Å². The summed E-state index contributed by atoms with van der Waals surface area (Å²) in [6.45, 7) is 7.50. The SMILES string of the molecule is COc1ccc(CCN2C(=O)c3cc4ccccc4n3C[C@]2(C)C(=O)NCCC(C)C)c(OC)c1. The Morgan fingerprint density at radius 2 is 1.89 bits per heavy atom. The fraction of sp³-hybridized carbons (Fsp3) is 0.429. The van der Waals surface area contributed by atoms with Crippen LogP contribution < -0.4 is 14.8 Å². The van der Waals surface area contributed by atoms with Gasteiger partial charge in [0.15, 0.2) is 0 Å². The maximum absolute atomic E-state index is 13.8. The summed E-state index contributed by atoms with van der Waals surface area (Å²) in [6.07, 6.45) is 1.44. The highest BCUT2D eigenvalue weighted by atomic mass is 16.5. The number of benzene rings is 2. The molecule has 0 saturated heterocycles. The number of hydrogen-bond donors (Lipinski definition) is 1. The average Bonchev–Trinajstić information content (AvgIpc) is 3.22. The molecule has 2 heterocycles. The van der Waals surface area contributed by atoms with Gasteiger partial charge in [0.2, 0.25) is 5.91 Å². The Kier molecular flexibility index (Phi) is 7.05. The van der Waals surface area contributed by atoms with Gasteiger partial charge in [-0.15, -0.1) is 0 Å². The first-order valence-electron chi connectivity index (χ1n) is 12.2. The molecule has 0 radical (unpaired) electrons. The molecule has 7 heteroatoms.